The van der Waals surface area contributed by atoms with Crippen molar-refractivity contribution in [2.75, 3.05) is 13.2 Å². The van der Waals surface area contributed by atoms with E-state index in [1.807, 2.05) is 12.2 Å². The molecule has 0 spiro atoms. The molecule has 0 amide bonds. The first kappa shape index (κ1) is 65.3. The van der Waals surface area contributed by atoms with Gasteiger partial charge in [-0.1, -0.05) is 259 Å². The summed E-state index contributed by atoms with van der Waals surface area (Å²) in [5.74, 6) is -0.998. The molecule has 0 N–H and O–H groups in total. The summed E-state index contributed by atoms with van der Waals surface area (Å²) in [5, 5.41) is 0. The third kappa shape index (κ3) is 55.1. The summed E-state index contributed by atoms with van der Waals surface area (Å²) in [7, 11) is 0. The fourth-order valence-corrected chi connectivity index (χ4v) is 7.86. The van der Waals surface area contributed by atoms with Gasteiger partial charge in [-0.25, -0.2) is 0 Å². The fraction of sp³-hybridized carbons (Fsp3) is 0.698. The van der Waals surface area contributed by atoms with Gasteiger partial charge in [0.25, 0.3) is 0 Å². The van der Waals surface area contributed by atoms with Gasteiger partial charge in [-0.3, -0.25) is 14.4 Å². The molecule has 0 saturated carbocycles. The molecule has 0 bridgehead atoms. The van der Waals surface area contributed by atoms with Crippen LogP contribution in [0, 0.1) is 0 Å². The Morgan fingerprint density at radius 2 is 0.594 bits per heavy atom. The van der Waals surface area contributed by atoms with E-state index >= 15 is 0 Å². The molecule has 0 radical (unpaired) electrons. The Hall–Kier alpha value is -3.67. The molecule has 6 nitrogen and oxygen atoms in total. The molecular weight excluding hydrogens is 853 g/mol. The zero-order valence-electron chi connectivity index (χ0n) is 45.0. The van der Waals surface area contributed by atoms with E-state index in [0.717, 1.165) is 103 Å². The molecule has 0 aromatic rings. The lowest BCUT2D eigenvalue weighted by Crippen LogP contribution is -2.30. The van der Waals surface area contributed by atoms with Gasteiger partial charge in [0.05, 0.1) is 0 Å². The highest BCUT2D eigenvalue weighted by Crippen LogP contribution is 2.16. The molecule has 0 aromatic carbocycles. The van der Waals surface area contributed by atoms with E-state index in [9.17, 15) is 14.4 Å². The molecule has 1 unspecified atom stereocenters. The van der Waals surface area contributed by atoms with E-state index in [-0.39, 0.29) is 31.6 Å². The Morgan fingerprint density at radius 1 is 0.304 bits per heavy atom. The molecule has 0 aliphatic heterocycles. The first-order valence-corrected chi connectivity index (χ1v) is 28.7. The Kier molecular flexibility index (Phi) is 53.9. The Labute approximate surface area is 426 Å². The maximum Gasteiger partial charge on any atom is 0.306 e. The van der Waals surface area contributed by atoms with Crippen LogP contribution in [-0.4, -0.2) is 37.2 Å². The van der Waals surface area contributed by atoms with E-state index in [4.69, 9.17) is 14.2 Å². The van der Waals surface area contributed by atoms with Gasteiger partial charge in [0, 0.05) is 19.3 Å². The van der Waals surface area contributed by atoms with Crippen molar-refractivity contribution in [2.24, 2.45) is 0 Å². The van der Waals surface area contributed by atoms with Crippen molar-refractivity contribution in [2.45, 2.75) is 271 Å². The van der Waals surface area contributed by atoms with Crippen LogP contribution in [-0.2, 0) is 28.6 Å². The molecule has 69 heavy (non-hydrogen) atoms. The minimum Gasteiger partial charge on any atom is -0.462 e. The van der Waals surface area contributed by atoms with E-state index in [2.05, 4.69) is 106 Å². The summed E-state index contributed by atoms with van der Waals surface area (Å²) in [6.07, 6.45) is 76.3. The van der Waals surface area contributed by atoms with Gasteiger partial charge in [0.1, 0.15) is 13.2 Å². The first-order valence-electron chi connectivity index (χ1n) is 28.7. The molecule has 0 fully saturated rings. The number of allylic oxidation sites excluding steroid dienone is 16. The molecule has 0 saturated heterocycles. The van der Waals surface area contributed by atoms with Crippen LogP contribution in [0.1, 0.15) is 265 Å². The van der Waals surface area contributed by atoms with Crippen LogP contribution in [0.2, 0.25) is 0 Å². The van der Waals surface area contributed by atoms with Crippen LogP contribution < -0.4 is 0 Å². The van der Waals surface area contributed by atoms with Crippen LogP contribution in [0.3, 0.4) is 0 Å². The maximum atomic E-state index is 12.7. The van der Waals surface area contributed by atoms with Crippen LogP contribution >= 0.6 is 0 Å². The third-order valence-electron chi connectivity index (χ3n) is 12.1. The van der Waals surface area contributed by atoms with Crippen LogP contribution in [0.15, 0.2) is 97.2 Å². The molecule has 0 rings (SSSR count). The van der Waals surface area contributed by atoms with Crippen LogP contribution in [0.4, 0.5) is 0 Å². The number of rotatable bonds is 51. The largest absolute Gasteiger partial charge is 0.462 e. The lowest BCUT2D eigenvalue weighted by atomic mass is 10.0. The van der Waals surface area contributed by atoms with E-state index in [0.29, 0.717) is 19.3 Å². The predicted octanol–water partition coefficient (Wildman–Crippen LogP) is 19.3. The monoisotopic (exact) mass is 959 g/mol. The number of carbonyl (C=O) groups excluding carboxylic acids is 3. The van der Waals surface area contributed by atoms with Gasteiger partial charge in [-0.05, 0) is 83.5 Å². The van der Waals surface area contributed by atoms with Crippen molar-refractivity contribution in [1.29, 1.82) is 0 Å². The second kappa shape index (κ2) is 56.9. The Bertz CT molecular complexity index is 1380. The maximum absolute atomic E-state index is 12.7. The Balaban J connectivity index is 3.94. The fourth-order valence-electron chi connectivity index (χ4n) is 7.86. The highest BCUT2D eigenvalue weighted by molar-refractivity contribution is 5.71. The summed E-state index contributed by atoms with van der Waals surface area (Å²) in [6.45, 7) is 6.26. The minimum absolute atomic E-state index is 0.104. The van der Waals surface area contributed by atoms with Crippen LogP contribution in [0.25, 0.3) is 0 Å². The second-order valence-electron chi connectivity index (χ2n) is 18.8. The zero-order chi connectivity index (χ0) is 50.0. The van der Waals surface area contributed by atoms with Crippen molar-refractivity contribution >= 4 is 17.9 Å². The standard InChI is InChI=1S/C63H106O6/c1-4-7-10-13-15-17-19-21-22-23-24-25-26-27-28-29-30-31-32-33-34-35-36-37-38-39-40-42-43-45-47-50-53-56-62(65)68-59-60(58-67-61(64)55-52-49-12-9-6-3)69-63(66)57-54-51-48-46-44-41-20-18-16-14-11-8-5-2/h7-8,10-11,15-18,21-22,24-25,41,44,48,51,60H,4-6,9,12-14,19-20,23,26-40,42-43,45-47,49-50,52-59H2,1-3H3/b10-7-,11-8-,17-15-,18-16-,22-21-,25-24-,44-41-,51-48-. The Morgan fingerprint density at radius 3 is 0.942 bits per heavy atom. The lowest BCUT2D eigenvalue weighted by molar-refractivity contribution is -0.166. The summed E-state index contributed by atoms with van der Waals surface area (Å²) in [4.78, 5) is 37.6. The number of hydrogen-bond donors (Lipinski definition) is 0. The summed E-state index contributed by atoms with van der Waals surface area (Å²) >= 11 is 0. The number of hydrogen-bond acceptors (Lipinski definition) is 6. The SMILES string of the molecule is CC/C=C\C/C=C\C/C=C\C/C=C\CCCCCCCCCCCCCCCCCCCCCCC(=O)OCC(COC(=O)CCCCCCC)OC(=O)CC/C=C\C/C=C\C/C=C\C/C=C\CC. The number of unbranched alkanes of at least 4 members (excludes halogenated alkanes) is 24. The third-order valence-corrected chi connectivity index (χ3v) is 12.1. The van der Waals surface area contributed by atoms with Gasteiger partial charge in [-0.15, -0.1) is 0 Å². The van der Waals surface area contributed by atoms with Gasteiger partial charge >= 0.3 is 17.9 Å². The topological polar surface area (TPSA) is 78.9 Å². The van der Waals surface area contributed by atoms with Crippen molar-refractivity contribution in [3.63, 3.8) is 0 Å². The second-order valence-corrected chi connectivity index (χ2v) is 18.8. The first-order chi connectivity index (χ1) is 34.0. The average molecular weight is 960 g/mol. The lowest BCUT2D eigenvalue weighted by Gasteiger charge is -2.18. The molecular formula is C63H106O6. The van der Waals surface area contributed by atoms with E-state index in [1.165, 1.54) is 116 Å². The smallest absolute Gasteiger partial charge is 0.306 e. The quantitative estimate of drug-likeness (QED) is 0.0262. The average Bonchev–Trinajstić information content (AvgIpc) is 3.35. The highest BCUT2D eigenvalue weighted by atomic mass is 16.6. The predicted molar refractivity (Wildman–Crippen MR) is 297 cm³/mol. The number of carbonyl (C=O) groups is 3. The van der Waals surface area contributed by atoms with E-state index < -0.39 is 12.1 Å². The molecule has 0 aromatic heterocycles. The molecule has 0 heterocycles. The van der Waals surface area contributed by atoms with Crippen molar-refractivity contribution < 1.29 is 28.6 Å². The van der Waals surface area contributed by atoms with Crippen molar-refractivity contribution in [3.05, 3.63) is 97.2 Å². The van der Waals surface area contributed by atoms with Gasteiger partial charge in [-0.2, -0.15) is 0 Å². The summed E-state index contributed by atoms with van der Waals surface area (Å²) < 4.78 is 16.6. The van der Waals surface area contributed by atoms with Gasteiger partial charge < -0.3 is 14.2 Å². The molecule has 0 aliphatic carbocycles. The number of esters is 3. The minimum atomic E-state index is -0.809. The molecule has 0 aliphatic rings. The van der Waals surface area contributed by atoms with Crippen LogP contribution in [0.5, 0.6) is 0 Å². The summed E-state index contributed by atoms with van der Waals surface area (Å²) in [6, 6.07) is 0. The summed E-state index contributed by atoms with van der Waals surface area (Å²) in [5.41, 5.74) is 0. The molecule has 1 atom stereocenters. The molecule has 394 valence electrons. The van der Waals surface area contributed by atoms with Gasteiger partial charge in [0.2, 0.25) is 0 Å². The zero-order valence-corrected chi connectivity index (χ0v) is 45.0. The van der Waals surface area contributed by atoms with Crippen molar-refractivity contribution in [3.8, 4) is 0 Å². The number of ether oxygens (including phenoxy) is 3. The van der Waals surface area contributed by atoms with Gasteiger partial charge in [0.15, 0.2) is 6.10 Å². The van der Waals surface area contributed by atoms with E-state index in [1.54, 1.807) is 0 Å². The highest BCUT2D eigenvalue weighted by Gasteiger charge is 2.19. The molecule has 6 heteroatoms. The normalized spacial score (nSPS) is 12.8. The van der Waals surface area contributed by atoms with Crippen molar-refractivity contribution in [1.82, 2.24) is 0 Å².